The van der Waals surface area contributed by atoms with Gasteiger partial charge in [0.2, 0.25) is 5.91 Å². The molecule has 1 atom stereocenters. The molecule has 2 rings (SSSR count). The van der Waals surface area contributed by atoms with E-state index in [1.54, 1.807) is 4.90 Å². The average Bonchev–Trinajstić information content (AvgIpc) is 2.37. The Bertz CT molecular complexity index is 532. The van der Waals surface area contributed by atoms with Crippen LogP contribution >= 0.6 is 15.9 Å². The number of carbonyl (C=O) groups is 2. The molecule has 1 unspecified atom stereocenters. The van der Waals surface area contributed by atoms with Crippen molar-refractivity contribution in [1.29, 1.82) is 0 Å². The molecule has 1 aliphatic rings. The molecule has 108 valence electrons. The molecular formula is C14H16BrNO4. The third-order valence-electron chi connectivity index (χ3n) is 3.36. The number of amides is 1. The van der Waals surface area contributed by atoms with E-state index in [2.05, 4.69) is 22.0 Å². The number of ether oxygens (including phenoxy) is 1. The van der Waals surface area contributed by atoms with E-state index in [1.807, 2.05) is 19.1 Å². The van der Waals surface area contributed by atoms with Crippen molar-refractivity contribution in [3.05, 3.63) is 33.8 Å². The molecule has 0 aliphatic carbocycles. The summed E-state index contributed by atoms with van der Waals surface area (Å²) in [6.07, 6.45) is 0.791. The molecule has 0 saturated carbocycles. The maximum absolute atomic E-state index is 12.1. The third-order valence-corrected chi connectivity index (χ3v) is 4.11. The highest BCUT2D eigenvalue weighted by Gasteiger charge is 2.27. The molecule has 1 heterocycles. The number of halogens is 1. The third kappa shape index (κ3) is 3.37. The zero-order chi connectivity index (χ0) is 14.7. The van der Waals surface area contributed by atoms with Crippen LogP contribution in [0.25, 0.3) is 0 Å². The van der Waals surface area contributed by atoms with Gasteiger partial charge in [-0.3, -0.25) is 4.79 Å². The molecule has 1 aromatic rings. The number of carbonyl (C=O) groups excluding carboxylic acids is 1. The fraction of sp³-hybridized carbons (Fsp3) is 0.429. The Morgan fingerprint density at radius 2 is 2.20 bits per heavy atom. The number of aliphatic carboxylic acids is 1. The van der Waals surface area contributed by atoms with E-state index in [1.165, 1.54) is 5.56 Å². The first-order valence-electron chi connectivity index (χ1n) is 6.34. The smallest absolute Gasteiger partial charge is 0.329 e. The predicted octanol–water partition coefficient (Wildman–Crippen LogP) is 1.82. The first-order chi connectivity index (χ1) is 9.49. The van der Waals surface area contributed by atoms with Gasteiger partial charge in [-0.1, -0.05) is 28.1 Å². The van der Waals surface area contributed by atoms with Crippen LogP contribution in [-0.2, 0) is 27.3 Å². The summed E-state index contributed by atoms with van der Waals surface area (Å²) in [5.41, 5.74) is 2.35. The Morgan fingerprint density at radius 3 is 2.90 bits per heavy atom. The van der Waals surface area contributed by atoms with Crippen molar-refractivity contribution in [1.82, 2.24) is 4.90 Å². The van der Waals surface area contributed by atoms with Crippen molar-refractivity contribution in [3.8, 4) is 0 Å². The molecule has 1 aliphatic heterocycles. The number of benzene rings is 1. The average molecular weight is 342 g/mol. The second-order valence-electron chi connectivity index (χ2n) is 4.84. The number of hydrogen-bond donors (Lipinski definition) is 1. The van der Waals surface area contributed by atoms with E-state index >= 15 is 0 Å². The Hall–Kier alpha value is -1.40. The molecule has 1 N–H and O–H groups in total. The molecule has 0 saturated heterocycles. The number of rotatable bonds is 4. The van der Waals surface area contributed by atoms with Crippen LogP contribution in [0.1, 0.15) is 18.1 Å². The first kappa shape index (κ1) is 15.0. The number of nitrogens with zero attached hydrogens (tertiary/aromatic N) is 1. The van der Waals surface area contributed by atoms with Crippen molar-refractivity contribution in [2.24, 2.45) is 0 Å². The van der Waals surface area contributed by atoms with Gasteiger partial charge in [0.1, 0.15) is 13.2 Å². The Labute approximate surface area is 125 Å². The Balaban J connectivity index is 2.05. The molecule has 5 nitrogen and oxygen atoms in total. The van der Waals surface area contributed by atoms with Gasteiger partial charge in [0, 0.05) is 17.1 Å². The molecule has 1 aromatic carbocycles. The van der Waals surface area contributed by atoms with Crippen LogP contribution in [0.5, 0.6) is 0 Å². The lowest BCUT2D eigenvalue weighted by Crippen LogP contribution is -2.44. The predicted molar refractivity (Wildman–Crippen MR) is 76.3 cm³/mol. The van der Waals surface area contributed by atoms with Gasteiger partial charge in [-0.05, 0) is 30.5 Å². The van der Waals surface area contributed by atoms with Crippen LogP contribution in [0, 0.1) is 0 Å². The van der Waals surface area contributed by atoms with E-state index < -0.39 is 12.6 Å². The van der Waals surface area contributed by atoms with Crippen LogP contribution in [-0.4, -0.2) is 41.1 Å². The highest BCUT2D eigenvalue weighted by molar-refractivity contribution is 9.10. The SMILES string of the molecule is CC1Cc2cccc(Br)c2CN1C(=O)COCC(=O)O. The van der Waals surface area contributed by atoms with Crippen LogP contribution < -0.4 is 0 Å². The van der Waals surface area contributed by atoms with Crippen LogP contribution in [0.3, 0.4) is 0 Å². The minimum atomic E-state index is -1.07. The second kappa shape index (κ2) is 6.37. The summed E-state index contributed by atoms with van der Waals surface area (Å²) in [4.78, 5) is 24.2. The summed E-state index contributed by atoms with van der Waals surface area (Å²) in [6.45, 7) is 1.86. The topological polar surface area (TPSA) is 66.8 Å². The lowest BCUT2D eigenvalue weighted by atomic mass is 9.95. The fourth-order valence-electron chi connectivity index (χ4n) is 2.37. The molecule has 0 fully saturated rings. The number of carboxylic acids is 1. The van der Waals surface area contributed by atoms with Crippen molar-refractivity contribution in [3.63, 3.8) is 0 Å². The van der Waals surface area contributed by atoms with Crippen molar-refractivity contribution >= 4 is 27.8 Å². The molecule has 0 aromatic heterocycles. The van der Waals surface area contributed by atoms with Gasteiger partial charge < -0.3 is 14.7 Å². The van der Waals surface area contributed by atoms with E-state index in [0.717, 1.165) is 16.5 Å². The Morgan fingerprint density at radius 1 is 1.45 bits per heavy atom. The monoisotopic (exact) mass is 341 g/mol. The maximum Gasteiger partial charge on any atom is 0.329 e. The summed E-state index contributed by atoms with van der Waals surface area (Å²) in [7, 11) is 0. The number of fused-ring (bicyclic) bond motifs is 1. The normalized spacial score (nSPS) is 17.7. The van der Waals surface area contributed by atoms with Gasteiger partial charge in [0.05, 0.1) is 0 Å². The van der Waals surface area contributed by atoms with Gasteiger partial charge in [-0.25, -0.2) is 4.79 Å². The highest BCUT2D eigenvalue weighted by Crippen LogP contribution is 2.29. The van der Waals surface area contributed by atoms with Crippen LogP contribution in [0.4, 0.5) is 0 Å². The largest absolute Gasteiger partial charge is 0.480 e. The van der Waals surface area contributed by atoms with Crippen LogP contribution in [0.2, 0.25) is 0 Å². The number of carboxylic acid groups (broad SMARTS) is 1. The summed E-state index contributed by atoms with van der Waals surface area (Å²) >= 11 is 3.50. The standard InChI is InChI=1S/C14H16BrNO4/c1-9-5-10-3-2-4-12(15)11(10)6-16(9)13(17)7-20-8-14(18)19/h2-4,9H,5-8H2,1H3,(H,18,19). The first-order valence-corrected chi connectivity index (χ1v) is 7.13. The van der Waals surface area contributed by atoms with Gasteiger partial charge in [-0.15, -0.1) is 0 Å². The van der Waals surface area contributed by atoms with E-state index in [0.29, 0.717) is 6.54 Å². The maximum atomic E-state index is 12.1. The molecule has 0 radical (unpaired) electrons. The van der Waals surface area contributed by atoms with E-state index in [4.69, 9.17) is 9.84 Å². The summed E-state index contributed by atoms with van der Waals surface area (Å²) in [6, 6.07) is 6.10. The highest BCUT2D eigenvalue weighted by atomic mass is 79.9. The number of hydrogen-bond acceptors (Lipinski definition) is 3. The minimum Gasteiger partial charge on any atom is -0.480 e. The molecule has 0 bridgehead atoms. The summed E-state index contributed by atoms with van der Waals surface area (Å²) in [5.74, 6) is -1.25. The van der Waals surface area contributed by atoms with E-state index in [9.17, 15) is 9.59 Å². The molecule has 6 heteroatoms. The summed E-state index contributed by atoms with van der Waals surface area (Å²) in [5, 5.41) is 8.50. The molecular weight excluding hydrogens is 326 g/mol. The van der Waals surface area contributed by atoms with Gasteiger partial charge in [0.15, 0.2) is 0 Å². The molecule has 1 amide bonds. The Kier molecular flexibility index (Phi) is 4.77. The van der Waals surface area contributed by atoms with Gasteiger partial charge in [0.25, 0.3) is 0 Å². The van der Waals surface area contributed by atoms with Gasteiger partial charge >= 0.3 is 5.97 Å². The second-order valence-corrected chi connectivity index (χ2v) is 5.69. The minimum absolute atomic E-state index is 0.0812. The lowest BCUT2D eigenvalue weighted by Gasteiger charge is -2.35. The quantitative estimate of drug-likeness (QED) is 0.907. The molecule has 20 heavy (non-hydrogen) atoms. The zero-order valence-electron chi connectivity index (χ0n) is 11.1. The van der Waals surface area contributed by atoms with E-state index in [-0.39, 0.29) is 18.6 Å². The zero-order valence-corrected chi connectivity index (χ0v) is 12.7. The van der Waals surface area contributed by atoms with Crippen LogP contribution in [0.15, 0.2) is 22.7 Å². The van der Waals surface area contributed by atoms with Crippen molar-refractivity contribution < 1.29 is 19.4 Å². The van der Waals surface area contributed by atoms with Crippen molar-refractivity contribution in [2.75, 3.05) is 13.2 Å². The summed E-state index contributed by atoms with van der Waals surface area (Å²) < 4.78 is 5.87. The fourth-order valence-corrected chi connectivity index (χ4v) is 2.90. The molecule has 0 spiro atoms. The van der Waals surface area contributed by atoms with Gasteiger partial charge in [-0.2, -0.15) is 0 Å². The lowest BCUT2D eigenvalue weighted by molar-refractivity contribution is -0.147. The van der Waals surface area contributed by atoms with Crippen molar-refractivity contribution in [2.45, 2.75) is 25.9 Å².